The van der Waals surface area contributed by atoms with Crippen LogP contribution in [0.25, 0.3) is 10.8 Å². The van der Waals surface area contributed by atoms with E-state index in [1.54, 1.807) is 0 Å². The lowest BCUT2D eigenvalue weighted by Crippen LogP contribution is -2.51. The van der Waals surface area contributed by atoms with E-state index in [0.29, 0.717) is 6.54 Å². The summed E-state index contributed by atoms with van der Waals surface area (Å²) >= 11 is 0. The zero-order chi connectivity index (χ0) is 14.8. The molecule has 0 radical (unpaired) electrons. The third kappa shape index (κ3) is 2.54. The molecule has 1 aliphatic heterocycles. The number of benzene rings is 2. The fraction of sp³-hybridized carbons (Fsp3) is 0.389. The third-order valence-corrected chi connectivity index (χ3v) is 4.55. The van der Waals surface area contributed by atoms with Gasteiger partial charge in [-0.05, 0) is 43.0 Å². The Balaban J connectivity index is 2.03. The number of piperidine rings is 1. The van der Waals surface area contributed by atoms with E-state index in [1.165, 1.54) is 0 Å². The monoisotopic (exact) mass is 282 g/mol. The van der Waals surface area contributed by atoms with Crippen molar-refractivity contribution in [3.63, 3.8) is 0 Å². The average molecular weight is 282 g/mol. The standard InChI is InChI=1S/C18H22N2O/c1-13-6-4-9-15(12-19)20(13)18(21)17-11-5-8-14-7-2-3-10-16(14)17/h2-3,5,7-8,10-11,13,15H,4,6,9,12,19H2,1H3. The van der Waals surface area contributed by atoms with Gasteiger partial charge in [0.05, 0.1) is 0 Å². The number of rotatable bonds is 2. The van der Waals surface area contributed by atoms with E-state index in [0.717, 1.165) is 35.6 Å². The highest BCUT2D eigenvalue weighted by atomic mass is 16.2. The second-order valence-corrected chi connectivity index (χ2v) is 5.91. The van der Waals surface area contributed by atoms with E-state index in [9.17, 15) is 4.79 Å². The summed E-state index contributed by atoms with van der Waals surface area (Å²) in [5, 5.41) is 2.14. The van der Waals surface area contributed by atoms with Crippen molar-refractivity contribution in [2.75, 3.05) is 6.54 Å². The van der Waals surface area contributed by atoms with Crippen molar-refractivity contribution in [3.8, 4) is 0 Å². The molecule has 1 aliphatic rings. The largest absolute Gasteiger partial charge is 0.332 e. The Morgan fingerprint density at radius 1 is 1.19 bits per heavy atom. The molecule has 3 nitrogen and oxygen atoms in total. The molecular formula is C18H22N2O. The third-order valence-electron chi connectivity index (χ3n) is 4.55. The van der Waals surface area contributed by atoms with E-state index < -0.39 is 0 Å². The van der Waals surface area contributed by atoms with E-state index in [4.69, 9.17) is 5.73 Å². The van der Waals surface area contributed by atoms with Gasteiger partial charge in [0, 0.05) is 24.2 Å². The van der Waals surface area contributed by atoms with Gasteiger partial charge in [-0.3, -0.25) is 4.79 Å². The first-order valence-electron chi connectivity index (χ1n) is 7.73. The zero-order valence-electron chi connectivity index (χ0n) is 12.5. The molecule has 1 heterocycles. The highest BCUT2D eigenvalue weighted by Crippen LogP contribution is 2.27. The molecule has 0 aliphatic carbocycles. The van der Waals surface area contributed by atoms with Crippen molar-refractivity contribution in [1.82, 2.24) is 4.90 Å². The first kappa shape index (κ1) is 14.1. The van der Waals surface area contributed by atoms with Crippen LogP contribution in [-0.4, -0.2) is 29.4 Å². The van der Waals surface area contributed by atoms with Gasteiger partial charge in [0.1, 0.15) is 0 Å². The Morgan fingerprint density at radius 2 is 1.95 bits per heavy atom. The van der Waals surface area contributed by atoms with Crippen LogP contribution in [0.2, 0.25) is 0 Å². The molecule has 110 valence electrons. The molecule has 21 heavy (non-hydrogen) atoms. The molecule has 3 rings (SSSR count). The van der Waals surface area contributed by atoms with Crippen molar-refractivity contribution in [2.24, 2.45) is 5.73 Å². The van der Waals surface area contributed by atoms with Crippen LogP contribution in [0.15, 0.2) is 42.5 Å². The van der Waals surface area contributed by atoms with Gasteiger partial charge in [0.15, 0.2) is 0 Å². The minimum Gasteiger partial charge on any atom is -0.332 e. The summed E-state index contributed by atoms with van der Waals surface area (Å²) in [5.41, 5.74) is 6.68. The van der Waals surface area contributed by atoms with Crippen LogP contribution in [0, 0.1) is 0 Å². The first-order chi connectivity index (χ1) is 10.2. The maximum Gasteiger partial charge on any atom is 0.255 e. The number of hydrogen-bond donors (Lipinski definition) is 1. The lowest BCUT2D eigenvalue weighted by molar-refractivity contribution is 0.0496. The van der Waals surface area contributed by atoms with Gasteiger partial charge in [0.25, 0.3) is 5.91 Å². The summed E-state index contributed by atoms with van der Waals surface area (Å²) in [6.07, 6.45) is 3.23. The second kappa shape index (κ2) is 5.86. The number of fused-ring (bicyclic) bond motifs is 1. The van der Waals surface area contributed by atoms with Crippen molar-refractivity contribution >= 4 is 16.7 Å². The fourth-order valence-electron chi connectivity index (χ4n) is 3.44. The SMILES string of the molecule is CC1CCCC(CN)N1C(=O)c1cccc2ccccc12. The quantitative estimate of drug-likeness (QED) is 0.919. The topological polar surface area (TPSA) is 46.3 Å². The minimum absolute atomic E-state index is 0.120. The highest BCUT2D eigenvalue weighted by molar-refractivity contribution is 6.07. The zero-order valence-corrected chi connectivity index (χ0v) is 12.5. The molecule has 0 aromatic heterocycles. The summed E-state index contributed by atoms with van der Waals surface area (Å²) in [6.45, 7) is 2.67. The predicted molar refractivity (Wildman–Crippen MR) is 86.3 cm³/mol. The summed E-state index contributed by atoms with van der Waals surface area (Å²) in [6, 6.07) is 14.4. The van der Waals surface area contributed by atoms with Crippen molar-refractivity contribution in [1.29, 1.82) is 0 Å². The fourth-order valence-corrected chi connectivity index (χ4v) is 3.44. The summed E-state index contributed by atoms with van der Waals surface area (Å²) in [4.78, 5) is 15.1. The van der Waals surface area contributed by atoms with Gasteiger partial charge >= 0.3 is 0 Å². The average Bonchev–Trinajstić information content (AvgIpc) is 2.53. The maximum absolute atomic E-state index is 13.1. The van der Waals surface area contributed by atoms with Crippen LogP contribution in [0.4, 0.5) is 0 Å². The van der Waals surface area contributed by atoms with Crippen LogP contribution in [0.3, 0.4) is 0 Å². The van der Waals surface area contributed by atoms with E-state index in [2.05, 4.69) is 6.92 Å². The Bertz CT molecular complexity index is 647. The van der Waals surface area contributed by atoms with Crippen molar-refractivity contribution in [3.05, 3.63) is 48.0 Å². The number of hydrogen-bond acceptors (Lipinski definition) is 2. The minimum atomic E-state index is 0.120. The van der Waals surface area contributed by atoms with Gasteiger partial charge in [-0.1, -0.05) is 36.4 Å². The van der Waals surface area contributed by atoms with Crippen LogP contribution in [-0.2, 0) is 0 Å². The Kier molecular flexibility index (Phi) is 3.93. The maximum atomic E-state index is 13.1. The molecule has 2 unspecified atom stereocenters. The highest BCUT2D eigenvalue weighted by Gasteiger charge is 2.31. The van der Waals surface area contributed by atoms with E-state index in [1.807, 2.05) is 47.4 Å². The summed E-state index contributed by atoms with van der Waals surface area (Å²) < 4.78 is 0. The normalized spacial score (nSPS) is 22.5. The van der Waals surface area contributed by atoms with Crippen LogP contribution in [0.5, 0.6) is 0 Å². The molecule has 1 fully saturated rings. The predicted octanol–water partition coefficient (Wildman–Crippen LogP) is 3.18. The molecule has 2 aromatic carbocycles. The van der Waals surface area contributed by atoms with Crippen LogP contribution >= 0.6 is 0 Å². The number of likely N-dealkylation sites (tertiary alicyclic amines) is 1. The molecule has 2 aromatic rings. The van der Waals surface area contributed by atoms with Gasteiger partial charge in [-0.25, -0.2) is 0 Å². The lowest BCUT2D eigenvalue weighted by atomic mass is 9.94. The number of nitrogens with two attached hydrogens (primary N) is 1. The molecule has 3 heteroatoms. The molecule has 0 spiro atoms. The smallest absolute Gasteiger partial charge is 0.255 e. The second-order valence-electron chi connectivity index (χ2n) is 5.91. The van der Waals surface area contributed by atoms with Crippen LogP contribution in [0.1, 0.15) is 36.5 Å². The lowest BCUT2D eigenvalue weighted by Gasteiger charge is -2.40. The summed E-state index contributed by atoms with van der Waals surface area (Å²) in [5.74, 6) is 0.120. The summed E-state index contributed by atoms with van der Waals surface area (Å²) in [7, 11) is 0. The molecule has 0 bridgehead atoms. The Labute approximate surface area is 125 Å². The Hall–Kier alpha value is -1.87. The molecule has 1 amide bonds. The van der Waals surface area contributed by atoms with Crippen LogP contribution < -0.4 is 5.73 Å². The molecule has 1 saturated heterocycles. The number of nitrogens with zero attached hydrogens (tertiary/aromatic N) is 1. The molecular weight excluding hydrogens is 260 g/mol. The molecule has 0 saturated carbocycles. The first-order valence-corrected chi connectivity index (χ1v) is 7.73. The van der Waals surface area contributed by atoms with E-state index in [-0.39, 0.29) is 18.0 Å². The molecule has 2 atom stereocenters. The number of carbonyl (C=O) groups is 1. The van der Waals surface area contributed by atoms with Crippen molar-refractivity contribution in [2.45, 2.75) is 38.3 Å². The molecule has 2 N–H and O–H groups in total. The van der Waals surface area contributed by atoms with Gasteiger partial charge in [-0.2, -0.15) is 0 Å². The van der Waals surface area contributed by atoms with Gasteiger partial charge < -0.3 is 10.6 Å². The number of amides is 1. The van der Waals surface area contributed by atoms with Gasteiger partial charge in [0.2, 0.25) is 0 Å². The Morgan fingerprint density at radius 3 is 2.76 bits per heavy atom. The number of carbonyl (C=O) groups excluding carboxylic acids is 1. The van der Waals surface area contributed by atoms with Crippen molar-refractivity contribution < 1.29 is 4.79 Å². The van der Waals surface area contributed by atoms with Gasteiger partial charge in [-0.15, -0.1) is 0 Å². The van der Waals surface area contributed by atoms with E-state index >= 15 is 0 Å².